The lowest BCUT2D eigenvalue weighted by atomic mass is 10.2. The van der Waals surface area contributed by atoms with Crippen LogP contribution in [-0.4, -0.2) is 26.5 Å². The Morgan fingerprint density at radius 2 is 1.80 bits per heavy atom. The van der Waals surface area contributed by atoms with Crippen LogP contribution in [-0.2, 0) is 0 Å². The minimum absolute atomic E-state index is 0.0627. The number of hydrogen-bond acceptors (Lipinski definition) is 3. The van der Waals surface area contributed by atoms with Crippen molar-refractivity contribution in [1.82, 2.24) is 14.8 Å². The van der Waals surface area contributed by atoms with Crippen LogP contribution in [0.5, 0.6) is 0 Å². The predicted molar refractivity (Wildman–Crippen MR) is 57.5 cm³/mol. The van der Waals surface area contributed by atoms with Gasteiger partial charge in [-0.15, -0.1) is 10.2 Å². The van der Waals surface area contributed by atoms with E-state index in [1.54, 1.807) is 18.7 Å². The normalized spacial score (nSPS) is 11.0. The summed E-state index contributed by atoms with van der Waals surface area (Å²) in [7, 11) is 0. The smallest absolute Gasteiger partial charge is 0.123 e. The van der Waals surface area contributed by atoms with Gasteiger partial charge in [0.15, 0.2) is 0 Å². The van der Waals surface area contributed by atoms with Gasteiger partial charge in [0.05, 0.1) is 6.61 Å². The summed E-state index contributed by atoms with van der Waals surface area (Å²) < 4.78 is 1.83. The quantitative estimate of drug-likeness (QED) is 0.813. The average Bonchev–Trinajstić information content (AvgIpc) is 2.80. The van der Waals surface area contributed by atoms with Crippen LogP contribution in [0.4, 0.5) is 0 Å². The fourth-order valence-corrected chi connectivity index (χ4v) is 1.28. The Bertz CT molecular complexity index is 431. The van der Waals surface area contributed by atoms with Crippen LogP contribution in [0, 0.1) is 0 Å². The van der Waals surface area contributed by atoms with E-state index >= 15 is 0 Å². The molecule has 0 bridgehead atoms. The van der Waals surface area contributed by atoms with Gasteiger partial charge in [-0.2, -0.15) is 0 Å². The molecule has 4 nitrogen and oxygen atoms in total. The molecule has 1 aromatic carbocycles. The standard InChI is InChI=1S/C11H11N3O/c15-7-1-2-10-3-5-11(6-4-10)14-8-12-13-9-14/h1-6,8-9,15H,7H2/b2-1+. The Kier molecular flexibility index (Phi) is 2.90. The maximum atomic E-state index is 8.62. The number of hydrogen-bond donors (Lipinski definition) is 1. The summed E-state index contributed by atoms with van der Waals surface area (Å²) in [5.74, 6) is 0. The minimum atomic E-state index is 0.0627. The molecule has 0 fully saturated rings. The van der Waals surface area contributed by atoms with Crippen molar-refractivity contribution in [3.05, 3.63) is 48.6 Å². The fourth-order valence-electron chi connectivity index (χ4n) is 1.28. The average molecular weight is 201 g/mol. The molecule has 0 amide bonds. The van der Waals surface area contributed by atoms with Crippen LogP contribution < -0.4 is 0 Å². The highest BCUT2D eigenvalue weighted by atomic mass is 16.2. The summed E-state index contributed by atoms with van der Waals surface area (Å²) in [4.78, 5) is 0. The molecule has 1 heterocycles. The van der Waals surface area contributed by atoms with Gasteiger partial charge in [0, 0.05) is 5.69 Å². The molecule has 15 heavy (non-hydrogen) atoms. The molecule has 0 saturated heterocycles. The zero-order valence-corrected chi connectivity index (χ0v) is 8.11. The van der Waals surface area contributed by atoms with Crippen molar-refractivity contribution in [2.45, 2.75) is 0 Å². The van der Waals surface area contributed by atoms with E-state index < -0.39 is 0 Å². The van der Waals surface area contributed by atoms with Crippen LogP contribution in [0.1, 0.15) is 5.56 Å². The number of aromatic nitrogens is 3. The number of benzene rings is 1. The lowest BCUT2D eigenvalue weighted by Crippen LogP contribution is -1.89. The molecule has 0 aliphatic heterocycles. The van der Waals surface area contributed by atoms with Gasteiger partial charge < -0.3 is 5.11 Å². The van der Waals surface area contributed by atoms with E-state index in [4.69, 9.17) is 5.11 Å². The predicted octanol–water partition coefficient (Wildman–Crippen LogP) is 1.27. The molecule has 0 aliphatic carbocycles. The molecule has 0 aliphatic rings. The Hall–Kier alpha value is -1.94. The summed E-state index contributed by atoms with van der Waals surface area (Å²) in [6.07, 6.45) is 6.88. The van der Waals surface area contributed by atoms with Crippen molar-refractivity contribution in [2.24, 2.45) is 0 Å². The van der Waals surface area contributed by atoms with Gasteiger partial charge in [0.25, 0.3) is 0 Å². The highest BCUT2D eigenvalue weighted by Gasteiger charge is 1.94. The first-order valence-corrected chi connectivity index (χ1v) is 4.62. The van der Waals surface area contributed by atoms with E-state index in [2.05, 4.69) is 10.2 Å². The molecule has 2 rings (SSSR count). The van der Waals surface area contributed by atoms with Crippen molar-refractivity contribution in [2.75, 3.05) is 6.61 Å². The molecule has 2 aromatic rings. The van der Waals surface area contributed by atoms with Gasteiger partial charge in [-0.1, -0.05) is 24.3 Å². The molecule has 1 aromatic heterocycles. The molecule has 0 saturated carbocycles. The van der Waals surface area contributed by atoms with Gasteiger partial charge in [-0.05, 0) is 17.7 Å². The molecular formula is C11H11N3O. The molecule has 0 atom stereocenters. The van der Waals surface area contributed by atoms with Gasteiger partial charge in [0.1, 0.15) is 12.7 Å². The number of aliphatic hydroxyl groups is 1. The second-order valence-electron chi connectivity index (χ2n) is 3.05. The second kappa shape index (κ2) is 4.52. The van der Waals surface area contributed by atoms with Crippen molar-refractivity contribution in [1.29, 1.82) is 0 Å². The third-order valence-corrected chi connectivity index (χ3v) is 2.03. The Balaban J connectivity index is 2.21. The first kappa shape index (κ1) is 9.61. The van der Waals surface area contributed by atoms with Gasteiger partial charge >= 0.3 is 0 Å². The SMILES string of the molecule is OC/C=C/c1ccc(-n2cnnc2)cc1. The summed E-state index contributed by atoms with van der Waals surface area (Å²) in [6.45, 7) is 0.0627. The van der Waals surface area contributed by atoms with E-state index in [9.17, 15) is 0 Å². The molecule has 76 valence electrons. The zero-order chi connectivity index (χ0) is 10.5. The highest BCUT2D eigenvalue weighted by Crippen LogP contribution is 2.09. The van der Waals surface area contributed by atoms with Crippen LogP contribution in [0.15, 0.2) is 43.0 Å². The maximum Gasteiger partial charge on any atom is 0.123 e. The lowest BCUT2D eigenvalue weighted by Gasteiger charge is -2.00. The first-order valence-electron chi connectivity index (χ1n) is 4.62. The third-order valence-electron chi connectivity index (χ3n) is 2.03. The second-order valence-corrected chi connectivity index (χ2v) is 3.05. The van der Waals surface area contributed by atoms with Crippen LogP contribution in [0.3, 0.4) is 0 Å². The van der Waals surface area contributed by atoms with Crippen molar-refractivity contribution < 1.29 is 5.11 Å². The molecule has 1 N–H and O–H groups in total. The summed E-state index contributed by atoms with van der Waals surface area (Å²) in [6, 6.07) is 7.89. The third kappa shape index (κ3) is 2.30. The zero-order valence-electron chi connectivity index (χ0n) is 8.11. The Morgan fingerprint density at radius 3 is 2.40 bits per heavy atom. The molecule has 0 radical (unpaired) electrons. The van der Waals surface area contributed by atoms with Gasteiger partial charge in [-0.3, -0.25) is 4.57 Å². The minimum Gasteiger partial charge on any atom is -0.392 e. The van der Waals surface area contributed by atoms with Gasteiger partial charge in [0.2, 0.25) is 0 Å². The van der Waals surface area contributed by atoms with Gasteiger partial charge in [-0.25, -0.2) is 0 Å². The van der Waals surface area contributed by atoms with E-state index in [0.29, 0.717) is 0 Å². The largest absolute Gasteiger partial charge is 0.392 e. The Morgan fingerprint density at radius 1 is 1.13 bits per heavy atom. The first-order chi connectivity index (χ1) is 7.40. The number of aliphatic hydroxyl groups excluding tert-OH is 1. The van der Waals surface area contributed by atoms with E-state index in [0.717, 1.165) is 11.3 Å². The fraction of sp³-hybridized carbons (Fsp3) is 0.0909. The summed E-state index contributed by atoms with van der Waals surface area (Å²) >= 11 is 0. The Labute approximate surface area is 87.5 Å². The molecular weight excluding hydrogens is 190 g/mol. The van der Waals surface area contributed by atoms with E-state index in [1.807, 2.05) is 34.9 Å². The number of rotatable bonds is 3. The van der Waals surface area contributed by atoms with Crippen molar-refractivity contribution in [3.63, 3.8) is 0 Å². The van der Waals surface area contributed by atoms with E-state index in [-0.39, 0.29) is 6.61 Å². The monoisotopic (exact) mass is 201 g/mol. The molecule has 0 unspecified atom stereocenters. The molecule has 0 spiro atoms. The lowest BCUT2D eigenvalue weighted by molar-refractivity contribution is 0.343. The van der Waals surface area contributed by atoms with E-state index in [1.165, 1.54) is 0 Å². The van der Waals surface area contributed by atoms with Crippen molar-refractivity contribution >= 4 is 6.08 Å². The summed E-state index contributed by atoms with van der Waals surface area (Å²) in [5.41, 5.74) is 2.07. The van der Waals surface area contributed by atoms with Crippen molar-refractivity contribution in [3.8, 4) is 5.69 Å². The number of nitrogens with zero attached hydrogens (tertiary/aromatic N) is 3. The van der Waals surface area contributed by atoms with Crippen LogP contribution in [0.2, 0.25) is 0 Å². The highest BCUT2D eigenvalue weighted by molar-refractivity contribution is 5.51. The molecule has 4 heteroatoms. The summed E-state index contributed by atoms with van der Waals surface area (Å²) in [5, 5.41) is 16.1. The van der Waals surface area contributed by atoms with Crippen LogP contribution in [0.25, 0.3) is 11.8 Å². The topological polar surface area (TPSA) is 50.9 Å². The van der Waals surface area contributed by atoms with Crippen LogP contribution >= 0.6 is 0 Å². The maximum absolute atomic E-state index is 8.62.